The van der Waals surface area contributed by atoms with E-state index in [2.05, 4.69) is 25.3 Å². The topological polar surface area (TPSA) is 104 Å². The molecule has 9 heteroatoms. The number of anilines is 1. The summed E-state index contributed by atoms with van der Waals surface area (Å²) in [5, 5.41) is 13.6. The molecule has 184 valence electrons. The number of rotatable bonds is 5. The summed E-state index contributed by atoms with van der Waals surface area (Å²) in [4.78, 5) is 28.3. The quantitative estimate of drug-likeness (QED) is 0.338. The first-order valence-corrected chi connectivity index (χ1v) is 12.2. The second-order valence-corrected chi connectivity index (χ2v) is 9.89. The number of carbonyl (C=O) groups is 1. The van der Waals surface area contributed by atoms with Crippen LogP contribution in [0.3, 0.4) is 0 Å². The minimum Gasteiger partial charge on any atom is -0.481 e. The summed E-state index contributed by atoms with van der Waals surface area (Å²) in [6, 6.07) is 8.21. The molecule has 7 rings (SSSR count). The molecule has 3 aliphatic carbocycles. The number of nitrogens with one attached hydrogen (secondary N) is 2. The second-order valence-electron chi connectivity index (χ2n) is 9.89. The van der Waals surface area contributed by atoms with Crippen molar-refractivity contribution in [3.05, 3.63) is 59.9 Å². The van der Waals surface area contributed by atoms with Gasteiger partial charge < -0.3 is 15.4 Å². The number of hydrogen-bond acceptors (Lipinski definition) is 5. The fourth-order valence-corrected chi connectivity index (χ4v) is 5.90. The van der Waals surface area contributed by atoms with Gasteiger partial charge in [0.15, 0.2) is 17.5 Å². The van der Waals surface area contributed by atoms with Gasteiger partial charge in [-0.05, 0) is 50.5 Å². The number of nitrogens with zero attached hydrogens (tertiary/aromatic N) is 3. The molecule has 1 aromatic carbocycles. The van der Waals surface area contributed by atoms with Crippen LogP contribution in [0.2, 0.25) is 0 Å². The van der Waals surface area contributed by atoms with E-state index in [4.69, 9.17) is 0 Å². The van der Waals surface area contributed by atoms with Crippen LogP contribution in [0, 0.1) is 36.3 Å². The van der Waals surface area contributed by atoms with Crippen LogP contribution in [0.15, 0.2) is 42.7 Å². The number of H-pyrrole nitrogens is 1. The van der Waals surface area contributed by atoms with Gasteiger partial charge in [-0.1, -0.05) is 29.8 Å². The number of halogens is 2. The van der Waals surface area contributed by atoms with Gasteiger partial charge in [0.25, 0.3) is 0 Å². The van der Waals surface area contributed by atoms with Crippen LogP contribution in [0.25, 0.3) is 33.7 Å². The molecular formula is C27H25F2N5O2. The number of aryl methyl sites for hydroxylation is 1. The Hall–Kier alpha value is -3.88. The number of fused-ring (bicyclic) bond motifs is 4. The summed E-state index contributed by atoms with van der Waals surface area (Å²) in [7, 11) is 0. The van der Waals surface area contributed by atoms with E-state index in [-0.39, 0.29) is 29.2 Å². The number of carboxylic acid groups (broad SMARTS) is 1. The third-order valence-corrected chi connectivity index (χ3v) is 7.72. The fraction of sp³-hybridized carbons (Fsp3) is 0.333. The number of benzene rings is 1. The number of carboxylic acids is 1. The van der Waals surface area contributed by atoms with Gasteiger partial charge in [0.1, 0.15) is 17.2 Å². The molecule has 2 atom stereocenters. The summed E-state index contributed by atoms with van der Waals surface area (Å²) in [6.07, 6.45) is 6.30. The van der Waals surface area contributed by atoms with E-state index in [1.165, 1.54) is 6.07 Å². The number of aliphatic carboxylic acids is 1. The zero-order chi connectivity index (χ0) is 25.0. The van der Waals surface area contributed by atoms with Crippen LogP contribution in [0.1, 0.15) is 31.2 Å². The molecular weight excluding hydrogens is 464 g/mol. The van der Waals surface area contributed by atoms with Crippen molar-refractivity contribution in [3.8, 4) is 22.6 Å². The smallest absolute Gasteiger partial charge is 0.308 e. The second kappa shape index (κ2) is 8.65. The molecule has 3 saturated carbocycles. The van der Waals surface area contributed by atoms with E-state index in [1.54, 1.807) is 18.3 Å². The number of aromatic nitrogens is 4. The molecule has 3 N–H and O–H groups in total. The normalized spacial score (nSPS) is 23.2. The van der Waals surface area contributed by atoms with Crippen LogP contribution < -0.4 is 5.32 Å². The Morgan fingerprint density at radius 3 is 2.53 bits per heavy atom. The molecule has 0 aliphatic heterocycles. The van der Waals surface area contributed by atoms with E-state index >= 15 is 4.39 Å². The summed E-state index contributed by atoms with van der Waals surface area (Å²) in [5.74, 6) is -2.28. The maximum Gasteiger partial charge on any atom is 0.308 e. The molecule has 3 aromatic heterocycles. The van der Waals surface area contributed by atoms with Crippen molar-refractivity contribution in [1.82, 2.24) is 19.9 Å². The third kappa shape index (κ3) is 3.79. The van der Waals surface area contributed by atoms with Crippen LogP contribution in [-0.2, 0) is 4.79 Å². The van der Waals surface area contributed by atoms with Crippen LogP contribution in [0.4, 0.5) is 14.6 Å². The van der Waals surface area contributed by atoms with Gasteiger partial charge in [-0.2, -0.15) is 0 Å². The number of hydrogen-bond donors (Lipinski definition) is 3. The van der Waals surface area contributed by atoms with Gasteiger partial charge in [0.05, 0.1) is 12.1 Å². The molecule has 2 bridgehead atoms. The highest BCUT2D eigenvalue weighted by Crippen LogP contribution is 2.46. The molecule has 3 fully saturated rings. The molecule has 36 heavy (non-hydrogen) atoms. The lowest BCUT2D eigenvalue weighted by Gasteiger charge is -2.47. The van der Waals surface area contributed by atoms with Crippen LogP contribution in [-0.4, -0.2) is 37.1 Å². The molecule has 0 saturated heterocycles. The predicted octanol–water partition coefficient (Wildman–Crippen LogP) is 5.57. The highest BCUT2D eigenvalue weighted by atomic mass is 19.1. The zero-order valence-electron chi connectivity index (χ0n) is 19.6. The van der Waals surface area contributed by atoms with E-state index in [0.29, 0.717) is 22.2 Å². The maximum absolute atomic E-state index is 16.0. The number of pyridine rings is 1. The lowest BCUT2D eigenvalue weighted by atomic mass is 9.61. The van der Waals surface area contributed by atoms with E-state index < -0.39 is 29.6 Å². The Labute approximate surface area is 206 Å². The Morgan fingerprint density at radius 1 is 1.08 bits per heavy atom. The summed E-state index contributed by atoms with van der Waals surface area (Å²) in [6.45, 7) is 1.94. The van der Waals surface area contributed by atoms with Crippen molar-refractivity contribution in [1.29, 1.82) is 0 Å². The van der Waals surface area contributed by atoms with Crippen molar-refractivity contribution < 1.29 is 18.7 Å². The monoisotopic (exact) mass is 489 g/mol. The Morgan fingerprint density at radius 2 is 1.81 bits per heavy atom. The van der Waals surface area contributed by atoms with Gasteiger partial charge in [0.2, 0.25) is 0 Å². The summed E-state index contributed by atoms with van der Waals surface area (Å²) < 4.78 is 30.0. The third-order valence-electron chi connectivity index (χ3n) is 7.72. The molecule has 3 heterocycles. The van der Waals surface area contributed by atoms with Crippen molar-refractivity contribution in [2.45, 2.75) is 38.6 Å². The first-order chi connectivity index (χ1) is 17.4. The largest absolute Gasteiger partial charge is 0.481 e. The first-order valence-electron chi connectivity index (χ1n) is 12.2. The standard InChI is InChI=1S/C27H25F2N5O2/c1-13-2-4-16(5-3-13)23-21(29)26(32-22-15-8-6-14(7-9-15)20(22)27(35)36)34-25(33-23)19-12-31-24-18(19)10-17(28)11-30-24/h2-5,10-12,14-15,20,22H,6-9H2,1H3,(H,30,31)(H,35,36)(H,32,33,34). The van der Waals surface area contributed by atoms with Gasteiger partial charge in [0, 0.05) is 28.8 Å². The molecule has 3 aliphatic rings. The highest BCUT2D eigenvalue weighted by molar-refractivity contribution is 5.92. The minimum atomic E-state index is -0.867. The fourth-order valence-electron chi connectivity index (χ4n) is 5.90. The predicted molar refractivity (Wildman–Crippen MR) is 131 cm³/mol. The molecule has 7 nitrogen and oxygen atoms in total. The van der Waals surface area contributed by atoms with E-state index in [0.717, 1.165) is 37.4 Å². The molecule has 0 radical (unpaired) electrons. The highest BCUT2D eigenvalue weighted by Gasteiger charge is 2.47. The number of aromatic amines is 1. The zero-order valence-corrected chi connectivity index (χ0v) is 19.6. The van der Waals surface area contributed by atoms with E-state index in [1.807, 2.05) is 19.1 Å². The maximum atomic E-state index is 16.0. The van der Waals surface area contributed by atoms with Gasteiger partial charge in [-0.3, -0.25) is 4.79 Å². The molecule has 2 unspecified atom stereocenters. The van der Waals surface area contributed by atoms with Gasteiger partial charge in [-0.15, -0.1) is 0 Å². The average Bonchev–Trinajstić information content (AvgIpc) is 3.29. The van der Waals surface area contributed by atoms with Crippen molar-refractivity contribution in [2.24, 2.45) is 17.8 Å². The Bertz CT molecular complexity index is 1460. The van der Waals surface area contributed by atoms with Crippen LogP contribution >= 0.6 is 0 Å². The SMILES string of the molecule is Cc1ccc(-c2nc(-c3c[nH]c4ncc(F)cc34)nc(NC3C4CCC(CC4)C3C(=O)O)c2F)cc1. The Kier molecular flexibility index (Phi) is 5.43. The van der Waals surface area contributed by atoms with Gasteiger partial charge >= 0.3 is 5.97 Å². The average molecular weight is 490 g/mol. The Balaban J connectivity index is 1.50. The first kappa shape index (κ1) is 22.6. The lowest BCUT2D eigenvalue weighted by molar-refractivity contribution is -0.148. The molecule has 0 spiro atoms. The van der Waals surface area contributed by atoms with Crippen molar-refractivity contribution in [3.63, 3.8) is 0 Å². The van der Waals surface area contributed by atoms with Crippen LogP contribution in [0.5, 0.6) is 0 Å². The molecule has 0 amide bonds. The lowest BCUT2D eigenvalue weighted by Crippen LogP contribution is -2.51. The van der Waals surface area contributed by atoms with Crippen molar-refractivity contribution >= 4 is 22.8 Å². The molecule has 4 aromatic rings. The summed E-state index contributed by atoms with van der Waals surface area (Å²) in [5.41, 5.74) is 2.62. The summed E-state index contributed by atoms with van der Waals surface area (Å²) >= 11 is 0. The van der Waals surface area contributed by atoms with E-state index in [9.17, 15) is 14.3 Å². The minimum absolute atomic E-state index is 0.0434. The van der Waals surface area contributed by atoms with Gasteiger partial charge in [-0.25, -0.2) is 23.7 Å². The van der Waals surface area contributed by atoms with Crippen molar-refractivity contribution in [2.75, 3.05) is 5.32 Å².